The minimum atomic E-state index is -0.0949. The number of aliphatic hydroxyl groups is 1. The van der Waals surface area contributed by atoms with E-state index in [1.54, 1.807) is 0 Å². The summed E-state index contributed by atoms with van der Waals surface area (Å²) in [6, 6.07) is 11.7. The van der Waals surface area contributed by atoms with E-state index in [2.05, 4.69) is 35.2 Å². The Hall–Kier alpha value is -0.860. The minimum Gasteiger partial charge on any atom is -0.391 e. The fourth-order valence-electron chi connectivity index (χ4n) is 3.29. The molecule has 2 bridgehead atoms. The predicted octanol–water partition coefficient (Wildman–Crippen LogP) is 2.17. The van der Waals surface area contributed by atoms with Crippen molar-refractivity contribution < 1.29 is 5.11 Å². The molecule has 2 aliphatic rings. The monoisotopic (exact) mass is 217 g/mol. The number of piperidine rings is 1. The van der Waals surface area contributed by atoms with E-state index in [4.69, 9.17) is 0 Å². The van der Waals surface area contributed by atoms with Gasteiger partial charge < -0.3 is 5.11 Å². The maximum Gasteiger partial charge on any atom is 0.0696 e. The van der Waals surface area contributed by atoms with Gasteiger partial charge in [-0.15, -0.1) is 0 Å². The van der Waals surface area contributed by atoms with Crippen LogP contribution < -0.4 is 0 Å². The number of nitrogens with zero attached hydrogens (tertiary/aromatic N) is 1. The van der Waals surface area contributed by atoms with Crippen molar-refractivity contribution in [2.45, 2.75) is 50.4 Å². The number of benzene rings is 1. The summed E-state index contributed by atoms with van der Waals surface area (Å²) in [6.07, 6.45) is 4.53. The lowest BCUT2D eigenvalue weighted by Crippen LogP contribution is -2.46. The van der Waals surface area contributed by atoms with Gasteiger partial charge in [0.15, 0.2) is 0 Å². The zero-order valence-corrected chi connectivity index (χ0v) is 9.55. The first-order valence-electron chi connectivity index (χ1n) is 6.32. The van der Waals surface area contributed by atoms with Crippen molar-refractivity contribution in [1.29, 1.82) is 0 Å². The Bertz CT molecular complexity index is 351. The molecule has 0 amide bonds. The van der Waals surface area contributed by atoms with Gasteiger partial charge in [-0.05, 0) is 31.2 Å². The zero-order valence-electron chi connectivity index (χ0n) is 9.55. The largest absolute Gasteiger partial charge is 0.391 e. The lowest BCUT2D eigenvalue weighted by Gasteiger charge is -2.37. The molecule has 3 atom stereocenters. The molecule has 0 radical (unpaired) electrons. The Balaban J connectivity index is 1.76. The summed E-state index contributed by atoms with van der Waals surface area (Å²) in [4.78, 5) is 2.52. The molecule has 3 rings (SSSR count). The molecule has 2 nitrogen and oxygen atoms in total. The van der Waals surface area contributed by atoms with E-state index in [0.29, 0.717) is 12.1 Å². The predicted molar refractivity (Wildman–Crippen MR) is 64.0 cm³/mol. The smallest absolute Gasteiger partial charge is 0.0696 e. The van der Waals surface area contributed by atoms with Crippen molar-refractivity contribution in [2.75, 3.05) is 0 Å². The van der Waals surface area contributed by atoms with E-state index in [-0.39, 0.29) is 6.10 Å². The molecule has 0 aliphatic carbocycles. The van der Waals surface area contributed by atoms with E-state index in [1.807, 2.05) is 0 Å². The summed E-state index contributed by atoms with van der Waals surface area (Å²) >= 11 is 0. The first-order valence-corrected chi connectivity index (χ1v) is 6.32. The highest BCUT2D eigenvalue weighted by atomic mass is 16.3. The molecule has 2 heterocycles. The molecule has 2 aliphatic heterocycles. The van der Waals surface area contributed by atoms with Crippen molar-refractivity contribution in [2.24, 2.45) is 0 Å². The summed E-state index contributed by atoms with van der Waals surface area (Å²) in [7, 11) is 0. The molecule has 2 heteroatoms. The first kappa shape index (κ1) is 10.3. The highest BCUT2D eigenvalue weighted by Crippen LogP contribution is 2.36. The quantitative estimate of drug-likeness (QED) is 0.820. The Kier molecular flexibility index (Phi) is 2.70. The normalized spacial score (nSPS) is 34.2. The molecule has 2 saturated heterocycles. The number of rotatable bonds is 2. The molecule has 0 unspecified atom stereocenters. The molecular formula is C14H19NO. The molecule has 86 valence electrons. The van der Waals surface area contributed by atoms with Crippen molar-refractivity contribution in [3.63, 3.8) is 0 Å². The van der Waals surface area contributed by atoms with E-state index in [1.165, 1.54) is 24.8 Å². The van der Waals surface area contributed by atoms with E-state index >= 15 is 0 Å². The SMILES string of the molecule is O[C@H]1CC[C@H]2CC[C@H]1N2Cc1ccccc1. The Morgan fingerprint density at radius 2 is 1.81 bits per heavy atom. The average Bonchev–Trinajstić information content (AvgIpc) is 2.60. The maximum absolute atomic E-state index is 10.0. The fourth-order valence-corrected chi connectivity index (χ4v) is 3.29. The van der Waals surface area contributed by atoms with Crippen LogP contribution in [-0.4, -0.2) is 28.2 Å². The number of aliphatic hydroxyl groups excluding tert-OH is 1. The minimum absolute atomic E-state index is 0.0949. The summed E-state index contributed by atoms with van der Waals surface area (Å²) < 4.78 is 0. The molecule has 0 spiro atoms. The third-order valence-electron chi connectivity index (χ3n) is 4.14. The van der Waals surface area contributed by atoms with Crippen LogP contribution >= 0.6 is 0 Å². The number of hydrogen-bond acceptors (Lipinski definition) is 2. The zero-order chi connectivity index (χ0) is 11.0. The van der Waals surface area contributed by atoms with Crippen molar-refractivity contribution >= 4 is 0 Å². The van der Waals surface area contributed by atoms with Gasteiger partial charge in [-0.25, -0.2) is 0 Å². The van der Waals surface area contributed by atoms with Gasteiger partial charge in [0, 0.05) is 18.6 Å². The van der Waals surface area contributed by atoms with E-state index in [9.17, 15) is 5.11 Å². The molecule has 0 saturated carbocycles. The van der Waals surface area contributed by atoms with Crippen LogP contribution in [0.3, 0.4) is 0 Å². The number of fused-ring (bicyclic) bond motifs is 2. The van der Waals surface area contributed by atoms with E-state index < -0.39 is 0 Å². The molecule has 1 aromatic carbocycles. The van der Waals surface area contributed by atoms with Crippen LogP contribution in [0.4, 0.5) is 0 Å². The van der Waals surface area contributed by atoms with Crippen LogP contribution in [0.5, 0.6) is 0 Å². The van der Waals surface area contributed by atoms with Gasteiger partial charge in [-0.3, -0.25) is 4.90 Å². The maximum atomic E-state index is 10.0. The average molecular weight is 217 g/mol. The van der Waals surface area contributed by atoms with Gasteiger partial charge in [0.05, 0.1) is 6.10 Å². The molecule has 1 N–H and O–H groups in total. The lowest BCUT2D eigenvalue weighted by molar-refractivity contribution is 0.00959. The highest BCUT2D eigenvalue weighted by molar-refractivity contribution is 5.15. The van der Waals surface area contributed by atoms with Crippen LogP contribution in [-0.2, 0) is 6.54 Å². The van der Waals surface area contributed by atoms with Gasteiger partial charge in [0.2, 0.25) is 0 Å². The Morgan fingerprint density at radius 3 is 2.62 bits per heavy atom. The second-order valence-corrected chi connectivity index (χ2v) is 5.10. The van der Waals surface area contributed by atoms with Crippen LogP contribution in [0.15, 0.2) is 30.3 Å². The van der Waals surface area contributed by atoms with Crippen LogP contribution in [0, 0.1) is 0 Å². The topological polar surface area (TPSA) is 23.5 Å². The standard InChI is InChI=1S/C14H19NO/c16-14-9-7-12-6-8-13(14)15(12)10-11-4-2-1-3-5-11/h1-5,12-14,16H,6-10H2/t12-,13-,14+/m1/s1. The number of hydrogen-bond donors (Lipinski definition) is 1. The molecule has 16 heavy (non-hydrogen) atoms. The molecular weight excluding hydrogens is 198 g/mol. The van der Waals surface area contributed by atoms with Crippen molar-refractivity contribution in [1.82, 2.24) is 4.90 Å². The van der Waals surface area contributed by atoms with Gasteiger partial charge in [-0.1, -0.05) is 30.3 Å². The van der Waals surface area contributed by atoms with Gasteiger partial charge in [-0.2, -0.15) is 0 Å². The highest BCUT2D eigenvalue weighted by Gasteiger charge is 2.41. The van der Waals surface area contributed by atoms with Gasteiger partial charge >= 0.3 is 0 Å². The lowest BCUT2D eigenvalue weighted by atomic mass is 9.99. The Labute approximate surface area is 96.9 Å². The van der Waals surface area contributed by atoms with E-state index in [0.717, 1.165) is 13.0 Å². The van der Waals surface area contributed by atoms with Crippen molar-refractivity contribution in [3.8, 4) is 0 Å². The molecule has 1 aromatic rings. The first-order chi connectivity index (χ1) is 7.84. The summed E-state index contributed by atoms with van der Waals surface area (Å²) in [5.41, 5.74) is 1.37. The van der Waals surface area contributed by atoms with Crippen LogP contribution in [0.1, 0.15) is 31.2 Å². The van der Waals surface area contributed by atoms with Crippen molar-refractivity contribution in [3.05, 3.63) is 35.9 Å². The van der Waals surface area contributed by atoms with Crippen LogP contribution in [0.2, 0.25) is 0 Å². The second kappa shape index (κ2) is 4.19. The summed E-state index contributed by atoms with van der Waals surface area (Å²) in [5, 5.41) is 10.0. The molecule has 2 fully saturated rings. The summed E-state index contributed by atoms with van der Waals surface area (Å²) in [6.45, 7) is 1.01. The second-order valence-electron chi connectivity index (χ2n) is 5.10. The Morgan fingerprint density at radius 1 is 1.06 bits per heavy atom. The van der Waals surface area contributed by atoms with Crippen LogP contribution in [0.25, 0.3) is 0 Å². The fraction of sp³-hybridized carbons (Fsp3) is 0.571. The molecule has 0 aromatic heterocycles. The van der Waals surface area contributed by atoms with Gasteiger partial charge in [0.1, 0.15) is 0 Å². The summed E-state index contributed by atoms with van der Waals surface area (Å²) in [5.74, 6) is 0. The third kappa shape index (κ3) is 1.76. The third-order valence-corrected chi connectivity index (χ3v) is 4.14. The van der Waals surface area contributed by atoms with Gasteiger partial charge in [0.25, 0.3) is 0 Å².